The standard InChI is InChI=1S/C19H31ClFN3O3/c1-13(24-18(25)10-14-5-7-22-8-6-14)4-9-23-19(26)12-27-15-2-3-16(20)17(21)11-15/h14-17,22H,1-12H2,(H,23,26)(H,24,25). The van der Waals surface area contributed by atoms with Crippen LogP contribution in [-0.4, -0.2) is 55.7 Å². The second-order valence-electron chi connectivity index (χ2n) is 7.43. The van der Waals surface area contributed by atoms with Gasteiger partial charge in [-0.15, -0.1) is 11.6 Å². The van der Waals surface area contributed by atoms with Crippen LogP contribution < -0.4 is 16.0 Å². The van der Waals surface area contributed by atoms with Crippen LogP contribution in [0.4, 0.5) is 4.39 Å². The number of hydrogen-bond acceptors (Lipinski definition) is 4. The van der Waals surface area contributed by atoms with Crippen molar-refractivity contribution in [3.63, 3.8) is 0 Å². The minimum absolute atomic E-state index is 0.0165. The van der Waals surface area contributed by atoms with E-state index in [1.165, 1.54) is 0 Å². The number of hydrogen-bond donors (Lipinski definition) is 3. The minimum atomic E-state index is -1.08. The lowest BCUT2D eigenvalue weighted by atomic mass is 9.94. The molecule has 3 atom stereocenters. The SMILES string of the molecule is C=C(CCNC(=O)COC1CCC(Cl)C(F)C1)NC(=O)CC1CCNCC1. The zero-order valence-corrected chi connectivity index (χ0v) is 16.5. The highest BCUT2D eigenvalue weighted by atomic mass is 35.5. The molecular formula is C19H31ClFN3O3. The summed E-state index contributed by atoms with van der Waals surface area (Å²) in [7, 11) is 0. The maximum Gasteiger partial charge on any atom is 0.246 e. The monoisotopic (exact) mass is 403 g/mol. The lowest BCUT2D eigenvalue weighted by molar-refractivity contribution is -0.128. The predicted molar refractivity (Wildman–Crippen MR) is 103 cm³/mol. The Labute approximate surface area is 165 Å². The molecule has 0 bridgehead atoms. The summed E-state index contributed by atoms with van der Waals surface area (Å²) in [6, 6.07) is 0. The number of carbonyl (C=O) groups is 2. The van der Waals surface area contributed by atoms with Gasteiger partial charge in [0.05, 0.1) is 11.5 Å². The molecule has 2 amide bonds. The molecule has 0 radical (unpaired) electrons. The number of ether oxygens (including phenoxy) is 1. The molecule has 1 saturated heterocycles. The van der Waals surface area contributed by atoms with Crippen molar-refractivity contribution in [3.8, 4) is 0 Å². The van der Waals surface area contributed by atoms with Crippen molar-refractivity contribution >= 4 is 23.4 Å². The van der Waals surface area contributed by atoms with Gasteiger partial charge in [0.25, 0.3) is 0 Å². The molecule has 8 heteroatoms. The van der Waals surface area contributed by atoms with Crippen LogP contribution in [0.2, 0.25) is 0 Å². The van der Waals surface area contributed by atoms with Gasteiger partial charge in [-0.2, -0.15) is 0 Å². The number of amides is 2. The van der Waals surface area contributed by atoms with Gasteiger partial charge in [0.1, 0.15) is 12.8 Å². The molecule has 1 aliphatic heterocycles. The summed E-state index contributed by atoms with van der Waals surface area (Å²) in [5, 5.41) is 8.36. The van der Waals surface area contributed by atoms with E-state index in [0.29, 0.717) is 43.8 Å². The van der Waals surface area contributed by atoms with Crippen molar-refractivity contribution in [1.29, 1.82) is 0 Å². The van der Waals surface area contributed by atoms with Gasteiger partial charge >= 0.3 is 0 Å². The van der Waals surface area contributed by atoms with Crippen LogP contribution >= 0.6 is 11.6 Å². The molecule has 0 aromatic heterocycles. The molecule has 1 saturated carbocycles. The van der Waals surface area contributed by atoms with Crippen LogP contribution in [0.1, 0.15) is 44.9 Å². The first-order valence-corrected chi connectivity index (χ1v) is 10.2. The van der Waals surface area contributed by atoms with Crippen molar-refractivity contribution < 1.29 is 18.7 Å². The van der Waals surface area contributed by atoms with Gasteiger partial charge in [-0.3, -0.25) is 9.59 Å². The normalized spacial score (nSPS) is 26.4. The third-order valence-corrected chi connectivity index (χ3v) is 5.58. The van der Waals surface area contributed by atoms with Crippen LogP contribution in [0, 0.1) is 5.92 Å². The summed E-state index contributed by atoms with van der Waals surface area (Å²) >= 11 is 5.83. The second-order valence-corrected chi connectivity index (χ2v) is 7.99. The first kappa shape index (κ1) is 22.1. The van der Waals surface area contributed by atoms with Gasteiger partial charge in [0, 0.05) is 31.5 Å². The second kappa shape index (κ2) is 11.6. The Morgan fingerprint density at radius 3 is 2.63 bits per heavy atom. The molecule has 154 valence electrons. The average Bonchev–Trinajstić information content (AvgIpc) is 2.63. The lowest BCUT2D eigenvalue weighted by Gasteiger charge is -2.28. The summed E-state index contributed by atoms with van der Waals surface area (Å²) in [6.07, 6.45) is 3.15. The number of carbonyl (C=O) groups excluding carboxylic acids is 2. The zero-order chi connectivity index (χ0) is 19.6. The fourth-order valence-electron chi connectivity index (χ4n) is 3.45. The molecule has 0 aromatic carbocycles. The molecule has 2 fully saturated rings. The number of halogens is 2. The summed E-state index contributed by atoms with van der Waals surface area (Å²) in [5.74, 6) is 0.151. The highest BCUT2D eigenvalue weighted by Gasteiger charge is 2.29. The van der Waals surface area contributed by atoms with Crippen LogP contribution in [0.3, 0.4) is 0 Å². The Balaban J connectivity index is 1.52. The molecule has 3 N–H and O–H groups in total. The molecule has 27 heavy (non-hydrogen) atoms. The van der Waals surface area contributed by atoms with Crippen molar-refractivity contribution in [2.45, 2.75) is 62.6 Å². The van der Waals surface area contributed by atoms with Crippen LogP contribution in [0.25, 0.3) is 0 Å². The Morgan fingerprint density at radius 2 is 1.93 bits per heavy atom. The van der Waals surface area contributed by atoms with Crippen molar-refractivity contribution in [2.24, 2.45) is 5.92 Å². The summed E-state index contributed by atoms with van der Waals surface area (Å²) < 4.78 is 19.0. The number of alkyl halides is 2. The van der Waals surface area contributed by atoms with Gasteiger partial charge in [-0.05, 0) is 44.7 Å². The first-order valence-electron chi connectivity index (χ1n) is 9.79. The highest BCUT2D eigenvalue weighted by Crippen LogP contribution is 2.27. The lowest BCUT2D eigenvalue weighted by Crippen LogP contribution is -2.36. The quantitative estimate of drug-likeness (QED) is 0.515. The smallest absolute Gasteiger partial charge is 0.246 e. The molecule has 3 unspecified atom stereocenters. The van der Waals surface area contributed by atoms with E-state index in [0.717, 1.165) is 25.9 Å². The van der Waals surface area contributed by atoms with Crippen LogP contribution in [-0.2, 0) is 14.3 Å². The third-order valence-electron chi connectivity index (χ3n) is 5.09. The largest absolute Gasteiger partial charge is 0.368 e. The van der Waals surface area contributed by atoms with Gasteiger partial charge in [0.15, 0.2) is 0 Å². The minimum Gasteiger partial charge on any atom is -0.368 e. The van der Waals surface area contributed by atoms with E-state index in [2.05, 4.69) is 22.5 Å². The summed E-state index contributed by atoms with van der Waals surface area (Å²) in [6.45, 7) is 6.04. The van der Waals surface area contributed by atoms with Crippen molar-refractivity contribution in [2.75, 3.05) is 26.2 Å². The Bertz CT molecular complexity index is 514. The Kier molecular flexibility index (Phi) is 9.51. The van der Waals surface area contributed by atoms with E-state index < -0.39 is 11.5 Å². The molecule has 2 aliphatic rings. The molecular weight excluding hydrogens is 373 g/mol. The maximum absolute atomic E-state index is 13.5. The molecule has 0 spiro atoms. The molecule has 0 aromatic rings. The molecule has 1 aliphatic carbocycles. The van der Waals surface area contributed by atoms with E-state index in [9.17, 15) is 14.0 Å². The van der Waals surface area contributed by atoms with Crippen molar-refractivity contribution in [1.82, 2.24) is 16.0 Å². The van der Waals surface area contributed by atoms with Gasteiger partial charge in [0.2, 0.25) is 11.8 Å². The Morgan fingerprint density at radius 1 is 1.19 bits per heavy atom. The van der Waals surface area contributed by atoms with E-state index in [1.54, 1.807) is 0 Å². The highest BCUT2D eigenvalue weighted by molar-refractivity contribution is 6.21. The topological polar surface area (TPSA) is 79.5 Å². The van der Waals surface area contributed by atoms with Gasteiger partial charge < -0.3 is 20.7 Å². The molecule has 1 heterocycles. The summed E-state index contributed by atoms with van der Waals surface area (Å²) in [5.41, 5.74) is 0.593. The maximum atomic E-state index is 13.5. The fourth-order valence-corrected chi connectivity index (χ4v) is 3.68. The zero-order valence-electron chi connectivity index (χ0n) is 15.8. The van der Waals surface area contributed by atoms with Crippen molar-refractivity contribution in [3.05, 3.63) is 12.3 Å². The van der Waals surface area contributed by atoms with Crippen LogP contribution in [0.15, 0.2) is 12.3 Å². The first-order chi connectivity index (χ1) is 12.9. The average molecular weight is 404 g/mol. The number of rotatable bonds is 9. The fraction of sp³-hybridized carbons (Fsp3) is 0.789. The predicted octanol–water partition coefficient (Wildman–Crippen LogP) is 2.03. The molecule has 6 nitrogen and oxygen atoms in total. The van der Waals surface area contributed by atoms with Gasteiger partial charge in [-0.1, -0.05) is 6.58 Å². The van der Waals surface area contributed by atoms with E-state index >= 15 is 0 Å². The van der Waals surface area contributed by atoms with E-state index in [-0.39, 0.29) is 30.9 Å². The Hall–Kier alpha value is -1.18. The summed E-state index contributed by atoms with van der Waals surface area (Å²) in [4.78, 5) is 23.8. The number of piperidine rings is 1. The van der Waals surface area contributed by atoms with Gasteiger partial charge in [-0.25, -0.2) is 4.39 Å². The van der Waals surface area contributed by atoms with E-state index in [4.69, 9.17) is 16.3 Å². The number of nitrogens with one attached hydrogen (secondary N) is 3. The third kappa shape index (κ3) is 8.58. The van der Waals surface area contributed by atoms with Crippen LogP contribution in [0.5, 0.6) is 0 Å². The molecule has 2 rings (SSSR count). The van der Waals surface area contributed by atoms with E-state index in [1.807, 2.05) is 0 Å².